The number of hydrogen-bond acceptors (Lipinski definition) is 2. The number of nitrogens with zero attached hydrogens (tertiary/aromatic N) is 1. The number of amides is 1. The fraction of sp³-hybridized carbons (Fsp3) is 0.250. The maximum atomic E-state index is 13.0. The van der Waals surface area contributed by atoms with Crippen LogP contribution in [0.3, 0.4) is 0 Å². The number of carbonyl (C=O) groups is 1. The van der Waals surface area contributed by atoms with Crippen LogP contribution in [0.15, 0.2) is 47.4 Å². The van der Waals surface area contributed by atoms with Crippen molar-refractivity contribution in [2.24, 2.45) is 0 Å². The van der Waals surface area contributed by atoms with Crippen molar-refractivity contribution in [3.05, 3.63) is 70.1 Å². The number of carbonyl (C=O) groups excluding carboxylic acids is 1. The fourth-order valence-electron chi connectivity index (χ4n) is 1.99. The molecule has 0 radical (unpaired) electrons. The molecule has 0 aliphatic rings. The minimum absolute atomic E-state index is 0.0617. The summed E-state index contributed by atoms with van der Waals surface area (Å²) in [6, 6.07) is 7.98. The van der Waals surface area contributed by atoms with Gasteiger partial charge in [0.2, 0.25) is 5.56 Å². The third kappa shape index (κ3) is 4.25. The van der Waals surface area contributed by atoms with E-state index >= 15 is 0 Å². The summed E-state index contributed by atoms with van der Waals surface area (Å²) in [6.45, 7) is 0.972. The molecular formula is C16H16F2N2O2. The van der Waals surface area contributed by atoms with Crippen molar-refractivity contribution >= 4 is 5.91 Å². The van der Waals surface area contributed by atoms with Crippen LogP contribution in [0.2, 0.25) is 0 Å². The quantitative estimate of drug-likeness (QED) is 0.833. The molecule has 1 aromatic heterocycles. The van der Waals surface area contributed by atoms with E-state index in [2.05, 4.69) is 5.32 Å². The van der Waals surface area contributed by atoms with Crippen LogP contribution in [0.4, 0.5) is 8.78 Å². The molecule has 0 aliphatic heterocycles. The number of rotatable bonds is 6. The van der Waals surface area contributed by atoms with Crippen LogP contribution < -0.4 is 10.9 Å². The zero-order chi connectivity index (χ0) is 15.9. The number of benzene rings is 1. The van der Waals surface area contributed by atoms with Crippen LogP contribution in [0.5, 0.6) is 0 Å². The second-order valence-electron chi connectivity index (χ2n) is 4.82. The van der Waals surface area contributed by atoms with Crippen molar-refractivity contribution in [3.63, 3.8) is 0 Å². The standard InChI is InChI=1S/C16H16F2N2O2/c17-13-7-6-12(11-14(13)18)16(22)19-8-2-4-10-20-9-3-1-5-15(20)21/h1,3,5-7,9,11H,2,4,8,10H2,(H,19,22). The largest absolute Gasteiger partial charge is 0.352 e. The number of halogens is 2. The van der Waals surface area contributed by atoms with Crippen LogP contribution in [0, 0.1) is 11.6 Å². The summed E-state index contributed by atoms with van der Waals surface area (Å²) in [7, 11) is 0. The Morgan fingerprint density at radius 2 is 1.91 bits per heavy atom. The summed E-state index contributed by atoms with van der Waals surface area (Å²) >= 11 is 0. The highest BCUT2D eigenvalue weighted by Crippen LogP contribution is 2.08. The Bertz CT molecular complexity index is 713. The van der Waals surface area contributed by atoms with Gasteiger partial charge in [-0.1, -0.05) is 6.07 Å². The van der Waals surface area contributed by atoms with Crippen LogP contribution in [0.1, 0.15) is 23.2 Å². The molecule has 0 atom stereocenters. The van der Waals surface area contributed by atoms with Crippen LogP contribution >= 0.6 is 0 Å². The normalized spacial score (nSPS) is 10.5. The fourth-order valence-corrected chi connectivity index (χ4v) is 1.99. The zero-order valence-corrected chi connectivity index (χ0v) is 11.9. The number of aryl methyl sites for hydroxylation is 1. The van der Waals surface area contributed by atoms with Gasteiger partial charge in [0.25, 0.3) is 5.91 Å². The van der Waals surface area contributed by atoms with Crippen LogP contribution in [0.25, 0.3) is 0 Å². The van der Waals surface area contributed by atoms with Gasteiger partial charge in [0.15, 0.2) is 11.6 Å². The third-order valence-electron chi connectivity index (χ3n) is 3.19. The molecule has 2 aromatic rings. The summed E-state index contributed by atoms with van der Waals surface area (Å²) in [4.78, 5) is 23.2. The molecule has 116 valence electrons. The minimum atomic E-state index is -1.05. The van der Waals surface area contributed by atoms with E-state index in [1.54, 1.807) is 22.9 Å². The van der Waals surface area contributed by atoms with Gasteiger partial charge in [0.05, 0.1) is 0 Å². The first-order chi connectivity index (χ1) is 10.6. The van der Waals surface area contributed by atoms with Crippen molar-refractivity contribution < 1.29 is 13.6 Å². The number of hydrogen-bond donors (Lipinski definition) is 1. The predicted octanol–water partition coefficient (Wildman–Crippen LogP) is 2.34. The minimum Gasteiger partial charge on any atom is -0.352 e. The van der Waals surface area contributed by atoms with E-state index in [1.165, 1.54) is 12.1 Å². The van der Waals surface area contributed by atoms with Crippen molar-refractivity contribution in [2.75, 3.05) is 6.54 Å². The number of aromatic nitrogens is 1. The van der Waals surface area contributed by atoms with Gasteiger partial charge in [0.1, 0.15) is 0 Å². The highest BCUT2D eigenvalue weighted by molar-refractivity contribution is 5.94. The van der Waals surface area contributed by atoms with Gasteiger partial charge in [0, 0.05) is 30.9 Å². The molecule has 1 amide bonds. The molecular weight excluding hydrogens is 290 g/mol. The van der Waals surface area contributed by atoms with Crippen molar-refractivity contribution in [1.29, 1.82) is 0 Å². The highest BCUT2D eigenvalue weighted by Gasteiger charge is 2.08. The van der Waals surface area contributed by atoms with E-state index in [0.717, 1.165) is 18.6 Å². The summed E-state index contributed by atoms with van der Waals surface area (Å²) < 4.78 is 27.4. The van der Waals surface area contributed by atoms with E-state index < -0.39 is 17.5 Å². The molecule has 0 saturated carbocycles. The summed E-state index contributed by atoms with van der Waals surface area (Å²) in [5.41, 5.74) is 0.0199. The average Bonchev–Trinajstić information content (AvgIpc) is 2.51. The number of pyridine rings is 1. The molecule has 4 nitrogen and oxygen atoms in total. The molecule has 0 spiro atoms. The molecule has 1 aromatic carbocycles. The van der Waals surface area contributed by atoms with E-state index in [4.69, 9.17) is 0 Å². The van der Waals surface area contributed by atoms with Gasteiger partial charge in [-0.3, -0.25) is 9.59 Å². The molecule has 6 heteroatoms. The van der Waals surface area contributed by atoms with E-state index in [-0.39, 0.29) is 11.1 Å². The molecule has 0 aliphatic carbocycles. The first kappa shape index (κ1) is 15.9. The number of nitrogens with one attached hydrogen (secondary N) is 1. The summed E-state index contributed by atoms with van der Waals surface area (Å²) in [5.74, 6) is -2.48. The number of unbranched alkanes of at least 4 members (excludes halogenated alkanes) is 1. The van der Waals surface area contributed by atoms with Crippen LogP contribution in [-0.4, -0.2) is 17.0 Å². The lowest BCUT2D eigenvalue weighted by Gasteiger charge is -2.07. The van der Waals surface area contributed by atoms with Crippen molar-refractivity contribution in [3.8, 4) is 0 Å². The van der Waals surface area contributed by atoms with Gasteiger partial charge < -0.3 is 9.88 Å². The zero-order valence-electron chi connectivity index (χ0n) is 11.9. The van der Waals surface area contributed by atoms with Gasteiger partial charge >= 0.3 is 0 Å². The maximum Gasteiger partial charge on any atom is 0.251 e. The summed E-state index contributed by atoms with van der Waals surface area (Å²) in [6.07, 6.45) is 3.11. The van der Waals surface area contributed by atoms with Gasteiger partial charge in [-0.25, -0.2) is 8.78 Å². The van der Waals surface area contributed by atoms with E-state index in [9.17, 15) is 18.4 Å². The van der Waals surface area contributed by atoms with Crippen molar-refractivity contribution in [1.82, 2.24) is 9.88 Å². The molecule has 0 fully saturated rings. The first-order valence-electron chi connectivity index (χ1n) is 6.96. The Balaban J connectivity index is 1.74. The Hall–Kier alpha value is -2.50. The molecule has 1 N–H and O–H groups in total. The second kappa shape index (κ2) is 7.49. The Morgan fingerprint density at radius 3 is 2.64 bits per heavy atom. The van der Waals surface area contributed by atoms with Crippen molar-refractivity contribution in [2.45, 2.75) is 19.4 Å². The SMILES string of the molecule is O=C(NCCCCn1ccccc1=O)c1ccc(F)c(F)c1. The first-order valence-corrected chi connectivity index (χ1v) is 6.96. The van der Waals surface area contributed by atoms with Gasteiger partial charge in [-0.05, 0) is 37.1 Å². The molecule has 0 unspecified atom stereocenters. The predicted molar refractivity (Wildman–Crippen MR) is 78.6 cm³/mol. The topological polar surface area (TPSA) is 51.1 Å². The molecule has 0 bridgehead atoms. The monoisotopic (exact) mass is 306 g/mol. The van der Waals surface area contributed by atoms with Crippen LogP contribution in [-0.2, 0) is 6.54 Å². The lowest BCUT2D eigenvalue weighted by atomic mass is 10.2. The third-order valence-corrected chi connectivity index (χ3v) is 3.19. The molecule has 1 heterocycles. The maximum absolute atomic E-state index is 13.0. The Kier molecular flexibility index (Phi) is 5.41. The molecule has 0 saturated heterocycles. The van der Waals surface area contributed by atoms with E-state index in [0.29, 0.717) is 19.5 Å². The lowest BCUT2D eigenvalue weighted by Crippen LogP contribution is -2.25. The average molecular weight is 306 g/mol. The smallest absolute Gasteiger partial charge is 0.251 e. The lowest BCUT2D eigenvalue weighted by molar-refractivity contribution is 0.0952. The Morgan fingerprint density at radius 1 is 1.09 bits per heavy atom. The second-order valence-corrected chi connectivity index (χ2v) is 4.82. The van der Waals surface area contributed by atoms with Gasteiger partial charge in [-0.15, -0.1) is 0 Å². The summed E-state index contributed by atoms with van der Waals surface area (Å²) in [5, 5.41) is 2.63. The van der Waals surface area contributed by atoms with Gasteiger partial charge in [-0.2, -0.15) is 0 Å². The molecule has 2 rings (SSSR count). The Labute approximate surface area is 126 Å². The molecule has 22 heavy (non-hydrogen) atoms. The van der Waals surface area contributed by atoms with E-state index in [1.807, 2.05) is 0 Å². The highest BCUT2D eigenvalue weighted by atomic mass is 19.2.